The van der Waals surface area contributed by atoms with Crippen LogP contribution in [-0.4, -0.2) is 31.6 Å². The lowest BCUT2D eigenvalue weighted by atomic mass is 9.99. The van der Waals surface area contributed by atoms with Gasteiger partial charge in [0.05, 0.1) is 12.8 Å². The van der Waals surface area contributed by atoms with Crippen LogP contribution in [0.5, 0.6) is 0 Å². The highest BCUT2D eigenvalue weighted by molar-refractivity contribution is 6.43. The number of carbonyl (C=O) groups is 1. The van der Waals surface area contributed by atoms with Crippen LogP contribution in [0.1, 0.15) is 34.7 Å². The SMILES string of the molecule is CO/N=C(/C(=O)OC)c1cccc(C)c1CO/N=C(\C)c1cc(C)cc(F)c1. The van der Waals surface area contributed by atoms with E-state index in [-0.39, 0.29) is 18.1 Å². The van der Waals surface area contributed by atoms with Crippen LogP contribution < -0.4 is 0 Å². The van der Waals surface area contributed by atoms with Gasteiger partial charge in [-0.1, -0.05) is 28.5 Å². The van der Waals surface area contributed by atoms with E-state index in [4.69, 9.17) is 14.4 Å². The highest BCUT2D eigenvalue weighted by atomic mass is 19.1. The van der Waals surface area contributed by atoms with E-state index in [0.29, 0.717) is 16.8 Å². The van der Waals surface area contributed by atoms with E-state index in [2.05, 4.69) is 10.3 Å². The van der Waals surface area contributed by atoms with Crippen molar-refractivity contribution in [3.8, 4) is 0 Å². The molecule has 0 amide bonds. The number of esters is 1. The molecule has 2 aromatic rings. The Morgan fingerprint density at radius 2 is 1.86 bits per heavy atom. The number of aryl methyl sites for hydroxylation is 2. The van der Waals surface area contributed by atoms with Crippen molar-refractivity contribution >= 4 is 17.4 Å². The van der Waals surface area contributed by atoms with Crippen LogP contribution in [-0.2, 0) is 25.8 Å². The average Bonchev–Trinajstić information content (AvgIpc) is 2.66. The fraction of sp³-hybridized carbons (Fsp3) is 0.286. The Morgan fingerprint density at radius 3 is 2.50 bits per heavy atom. The van der Waals surface area contributed by atoms with Gasteiger partial charge in [-0.25, -0.2) is 9.18 Å². The molecular weight excluding hydrogens is 363 g/mol. The number of hydrogen-bond donors (Lipinski definition) is 0. The molecule has 0 heterocycles. The molecule has 0 fully saturated rings. The fourth-order valence-corrected chi connectivity index (χ4v) is 2.69. The number of ether oxygens (including phenoxy) is 1. The summed E-state index contributed by atoms with van der Waals surface area (Å²) in [6, 6.07) is 10.1. The molecule has 148 valence electrons. The normalized spacial score (nSPS) is 11.9. The lowest BCUT2D eigenvalue weighted by Crippen LogP contribution is -2.20. The van der Waals surface area contributed by atoms with Gasteiger partial charge >= 0.3 is 5.97 Å². The summed E-state index contributed by atoms with van der Waals surface area (Å²) < 4.78 is 18.4. The van der Waals surface area contributed by atoms with Crippen molar-refractivity contribution in [1.82, 2.24) is 0 Å². The molecule has 28 heavy (non-hydrogen) atoms. The molecule has 0 saturated carbocycles. The second kappa shape index (κ2) is 9.64. The lowest BCUT2D eigenvalue weighted by Gasteiger charge is -2.12. The maximum Gasteiger partial charge on any atom is 0.360 e. The van der Waals surface area contributed by atoms with E-state index in [1.54, 1.807) is 19.1 Å². The third kappa shape index (κ3) is 5.16. The van der Waals surface area contributed by atoms with Crippen molar-refractivity contribution < 1.29 is 23.6 Å². The number of halogens is 1. The molecule has 7 heteroatoms. The van der Waals surface area contributed by atoms with Gasteiger partial charge in [-0.15, -0.1) is 0 Å². The highest BCUT2D eigenvalue weighted by Crippen LogP contribution is 2.18. The smallest absolute Gasteiger partial charge is 0.360 e. The Labute approximate surface area is 163 Å². The van der Waals surface area contributed by atoms with E-state index in [0.717, 1.165) is 16.7 Å². The summed E-state index contributed by atoms with van der Waals surface area (Å²) in [4.78, 5) is 22.3. The summed E-state index contributed by atoms with van der Waals surface area (Å²) in [5.74, 6) is -0.951. The fourth-order valence-electron chi connectivity index (χ4n) is 2.69. The van der Waals surface area contributed by atoms with Gasteiger partial charge in [0.2, 0.25) is 0 Å². The number of rotatable bonds is 7. The van der Waals surface area contributed by atoms with Crippen molar-refractivity contribution in [1.29, 1.82) is 0 Å². The quantitative estimate of drug-likeness (QED) is 0.411. The van der Waals surface area contributed by atoms with Gasteiger partial charge < -0.3 is 14.4 Å². The van der Waals surface area contributed by atoms with Crippen LogP contribution in [0.2, 0.25) is 0 Å². The van der Waals surface area contributed by atoms with Crippen LogP contribution in [0.3, 0.4) is 0 Å². The molecule has 6 nitrogen and oxygen atoms in total. The Balaban J connectivity index is 2.29. The maximum absolute atomic E-state index is 13.6. The Bertz CT molecular complexity index is 902. The number of benzene rings is 2. The van der Waals surface area contributed by atoms with Crippen LogP contribution >= 0.6 is 0 Å². The van der Waals surface area contributed by atoms with Crippen molar-refractivity contribution in [3.63, 3.8) is 0 Å². The van der Waals surface area contributed by atoms with Crippen molar-refractivity contribution in [3.05, 3.63) is 70.0 Å². The molecule has 0 N–H and O–H groups in total. The zero-order valence-corrected chi connectivity index (χ0v) is 16.6. The minimum atomic E-state index is -0.622. The summed E-state index contributed by atoms with van der Waals surface area (Å²) in [7, 11) is 2.62. The van der Waals surface area contributed by atoms with Gasteiger partial charge in [-0.2, -0.15) is 0 Å². The number of oxime groups is 2. The Kier molecular flexibility index (Phi) is 7.26. The zero-order valence-electron chi connectivity index (χ0n) is 16.6. The molecule has 0 saturated heterocycles. The molecule has 2 aromatic carbocycles. The van der Waals surface area contributed by atoms with E-state index < -0.39 is 5.97 Å². The molecule has 0 aliphatic rings. The molecule has 0 unspecified atom stereocenters. The number of carbonyl (C=O) groups excluding carboxylic acids is 1. The third-order valence-electron chi connectivity index (χ3n) is 4.10. The van der Waals surface area contributed by atoms with E-state index >= 15 is 0 Å². The minimum absolute atomic E-state index is 0.0359. The molecular formula is C21H23FN2O4. The molecule has 0 atom stereocenters. The predicted molar refractivity (Wildman–Crippen MR) is 105 cm³/mol. The Morgan fingerprint density at radius 1 is 1.11 bits per heavy atom. The first-order chi connectivity index (χ1) is 13.4. The number of nitrogens with zero attached hydrogens (tertiary/aromatic N) is 2. The van der Waals surface area contributed by atoms with Gasteiger partial charge in [-0.3, -0.25) is 0 Å². The minimum Gasteiger partial charge on any atom is -0.464 e. The summed E-state index contributed by atoms with van der Waals surface area (Å²) >= 11 is 0. The standard InChI is InChI=1S/C21H23FN2O4/c1-13-9-16(11-17(22)10-13)15(3)23-28-12-19-14(2)7-6-8-18(19)20(24-27-5)21(25)26-4/h6-11H,12H2,1-5H3/b23-15+,24-20+. The molecule has 0 aliphatic carbocycles. The summed E-state index contributed by atoms with van der Waals surface area (Å²) in [5.41, 5.74) is 4.15. The van der Waals surface area contributed by atoms with E-state index in [1.165, 1.54) is 26.4 Å². The van der Waals surface area contributed by atoms with Crippen LogP contribution in [0.4, 0.5) is 4.39 Å². The van der Waals surface area contributed by atoms with Crippen LogP contribution in [0.25, 0.3) is 0 Å². The van der Waals surface area contributed by atoms with Crippen molar-refractivity contribution in [2.75, 3.05) is 14.2 Å². The average molecular weight is 386 g/mol. The molecule has 0 aromatic heterocycles. The monoisotopic (exact) mass is 386 g/mol. The van der Waals surface area contributed by atoms with E-state index in [1.807, 2.05) is 26.0 Å². The number of hydrogen-bond acceptors (Lipinski definition) is 6. The maximum atomic E-state index is 13.6. The van der Waals surface area contributed by atoms with Crippen molar-refractivity contribution in [2.45, 2.75) is 27.4 Å². The van der Waals surface area contributed by atoms with Crippen molar-refractivity contribution in [2.24, 2.45) is 10.3 Å². The predicted octanol–water partition coefficient (Wildman–Crippen LogP) is 3.91. The molecule has 0 spiro atoms. The lowest BCUT2D eigenvalue weighted by molar-refractivity contribution is -0.132. The van der Waals surface area contributed by atoms with Gasteiger partial charge in [0.15, 0.2) is 5.71 Å². The third-order valence-corrected chi connectivity index (χ3v) is 4.10. The second-order valence-electron chi connectivity index (χ2n) is 6.18. The molecule has 2 rings (SSSR count). The number of methoxy groups -OCH3 is 1. The summed E-state index contributed by atoms with van der Waals surface area (Å²) in [6.45, 7) is 5.52. The van der Waals surface area contributed by atoms with Gasteiger partial charge in [0.1, 0.15) is 19.5 Å². The van der Waals surface area contributed by atoms with E-state index in [9.17, 15) is 9.18 Å². The summed E-state index contributed by atoms with van der Waals surface area (Å²) in [5, 5.41) is 7.87. The highest BCUT2D eigenvalue weighted by Gasteiger charge is 2.20. The first kappa shape index (κ1) is 21.1. The first-order valence-electron chi connectivity index (χ1n) is 8.59. The molecule has 0 radical (unpaired) electrons. The van der Waals surface area contributed by atoms with Crippen LogP contribution in [0, 0.1) is 19.7 Å². The van der Waals surface area contributed by atoms with Crippen LogP contribution in [0.15, 0.2) is 46.7 Å². The molecule has 0 aliphatic heterocycles. The second-order valence-corrected chi connectivity index (χ2v) is 6.18. The first-order valence-corrected chi connectivity index (χ1v) is 8.59. The largest absolute Gasteiger partial charge is 0.464 e. The topological polar surface area (TPSA) is 69.5 Å². The van der Waals surface area contributed by atoms with Gasteiger partial charge in [0.25, 0.3) is 0 Å². The summed E-state index contributed by atoms with van der Waals surface area (Å²) in [6.07, 6.45) is 0. The molecule has 0 bridgehead atoms. The van der Waals surface area contributed by atoms with Gasteiger partial charge in [0, 0.05) is 16.7 Å². The van der Waals surface area contributed by atoms with Gasteiger partial charge in [-0.05, 0) is 50.1 Å². The Hall–Kier alpha value is -3.22. The zero-order chi connectivity index (χ0) is 20.7.